The van der Waals surface area contributed by atoms with E-state index in [1.807, 2.05) is 36.4 Å². The number of ether oxygens (including phenoxy) is 1. The molecule has 0 saturated heterocycles. The highest BCUT2D eigenvalue weighted by molar-refractivity contribution is 6.30. The van der Waals surface area contributed by atoms with Crippen LogP contribution in [0, 0.1) is 0 Å². The van der Waals surface area contributed by atoms with E-state index >= 15 is 0 Å². The average Bonchev–Trinajstić information content (AvgIpc) is 2.46. The fraction of sp³-hybridized carbons (Fsp3) is 0.294. The van der Waals surface area contributed by atoms with Crippen molar-refractivity contribution in [1.29, 1.82) is 0 Å². The lowest BCUT2D eigenvalue weighted by Gasteiger charge is -2.33. The number of hydrogen-bond acceptors (Lipinski definition) is 3. The SMILES string of the molecule is CN(C)CCCN1c2ccccc2Oc2cc(Cl)ccc21. The molecule has 0 N–H and O–H groups in total. The molecule has 0 aromatic heterocycles. The lowest BCUT2D eigenvalue weighted by Crippen LogP contribution is -2.25. The molecule has 0 bridgehead atoms. The Kier molecular flexibility index (Phi) is 4.04. The van der Waals surface area contributed by atoms with Crippen LogP contribution in [0.4, 0.5) is 11.4 Å². The third kappa shape index (κ3) is 2.99. The Morgan fingerprint density at radius 1 is 1.05 bits per heavy atom. The molecule has 0 fully saturated rings. The summed E-state index contributed by atoms with van der Waals surface area (Å²) in [5.74, 6) is 1.71. The Balaban J connectivity index is 1.94. The molecule has 0 radical (unpaired) electrons. The van der Waals surface area contributed by atoms with E-state index in [1.54, 1.807) is 0 Å². The maximum Gasteiger partial charge on any atom is 0.152 e. The van der Waals surface area contributed by atoms with Gasteiger partial charge >= 0.3 is 0 Å². The van der Waals surface area contributed by atoms with Crippen molar-refractivity contribution in [2.45, 2.75) is 6.42 Å². The molecule has 1 aliphatic heterocycles. The third-order valence-electron chi connectivity index (χ3n) is 3.58. The van der Waals surface area contributed by atoms with Gasteiger partial charge in [0.25, 0.3) is 0 Å². The third-order valence-corrected chi connectivity index (χ3v) is 3.81. The monoisotopic (exact) mass is 302 g/mol. The van der Waals surface area contributed by atoms with E-state index in [0.717, 1.165) is 42.4 Å². The van der Waals surface area contributed by atoms with Gasteiger partial charge in [-0.1, -0.05) is 23.7 Å². The van der Waals surface area contributed by atoms with Crippen LogP contribution in [-0.4, -0.2) is 32.1 Å². The van der Waals surface area contributed by atoms with E-state index in [1.165, 1.54) is 0 Å². The van der Waals surface area contributed by atoms with Crippen LogP contribution in [0.15, 0.2) is 42.5 Å². The van der Waals surface area contributed by atoms with Crippen molar-refractivity contribution in [3.8, 4) is 11.5 Å². The molecule has 4 heteroatoms. The normalized spacial score (nSPS) is 12.9. The van der Waals surface area contributed by atoms with Gasteiger partial charge in [-0.25, -0.2) is 0 Å². The van der Waals surface area contributed by atoms with Gasteiger partial charge in [-0.2, -0.15) is 0 Å². The van der Waals surface area contributed by atoms with E-state index in [0.29, 0.717) is 5.02 Å². The summed E-state index contributed by atoms with van der Waals surface area (Å²) in [4.78, 5) is 4.52. The number of benzene rings is 2. The first-order valence-electron chi connectivity index (χ1n) is 7.14. The Morgan fingerprint density at radius 3 is 2.62 bits per heavy atom. The summed E-state index contributed by atoms with van der Waals surface area (Å²) < 4.78 is 5.98. The van der Waals surface area contributed by atoms with Gasteiger partial charge in [0.1, 0.15) is 0 Å². The molecule has 0 spiro atoms. The highest BCUT2D eigenvalue weighted by Gasteiger charge is 2.23. The largest absolute Gasteiger partial charge is 0.453 e. The van der Waals surface area contributed by atoms with Gasteiger partial charge in [0.15, 0.2) is 11.5 Å². The van der Waals surface area contributed by atoms with Gasteiger partial charge in [0.05, 0.1) is 11.4 Å². The van der Waals surface area contributed by atoms with Crippen LogP contribution < -0.4 is 9.64 Å². The zero-order chi connectivity index (χ0) is 14.8. The van der Waals surface area contributed by atoms with Crippen LogP contribution in [0.2, 0.25) is 5.02 Å². The summed E-state index contributed by atoms with van der Waals surface area (Å²) in [7, 11) is 4.20. The van der Waals surface area contributed by atoms with Gasteiger partial charge in [0, 0.05) is 17.6 Å². The fourth-order valence-corrected chi connectivity index (χ4v) is 2.76. The highest BCUT2D eigenvalue weighted by atomic mass is 35.5. The van der Waals surface area contributed by atoms with Crippen molar-refractivity contribution < 1.29 is 4.74 Å². The molecule has 1 aliphatic rings. The molecule has 1 heterocycles. The minimum Gasteiger partial charge on any atom is -0.453 e. The number of para-hydroxylation sites is 2. The van der Waals surface area contributed by atoms with E-state index < -0.39 is 0 Å². The lowest BCUT2D eigenvalue weighted by atomic mass is 10.1. The first kappa shape index (κ1) is 14.2. The molecule has 0 atom stereocenters. The quantitative estimate of drug-likeness (QED) is 0.825. The van der Waals surface area contributed by atoms with Gasteiger partial charge < -0.3 is 14.5 Å². The van der Waals surface area contributed by atoms with Gasteiger partial charge in [0.2, 0.25) is 0 Å². The van der Waals surface area contributed by atoms with Crippen molar-refractivity contribution in [2.75, 3.05) is 32.1 Å². The van der Waals surface area contributed by atoms with Crippen LogP contribution in [0.3, 0.4) is 0 Å². The number of hydrogen-bond donors (Lipinski definition) is 0. The van der Waals surface area contributed by atoms with Gasteiger partial charge in [-0.15, -0.1) is 0 Å². The smallest absolute Gasteiger partial charge is 0.152 e. The molecule has 0 unspecified atom stereocenters. The minimum absolute atomic E-state index is 0.696. The predicted octanol–water partition coefficient (Wildman–Crippen LogP) is 4.54. The summed E-state index contributed by atoms with van der Waals surface area (Å²) in [5.41, 5.74) is 2.20. The van der Waals surface area contributed by atoms with Crippen molar-refractivity contribution in [2.24, 2.45) is 0 Å². The Bertz CT molecular complexity index is 642. The molecular formula is C17H19ClN2O. The summed E-state index contributed by atoms with van der Waals surface area (Å²) >= 11 is 6.09. The highest BCUT2D eigenvalue weighted by Crippen LogP contribution is 2.47. The number of nitrogens with zero attached hydrogens (tertiary/aromatic N) is 2. The average molecular weight is 303 g/mol. The topological polar surface area (TPSA) is 15.7 Å². The summed E-state index contributed by atoms with van der Waals surface area (Å²) in [6.45, 7) is 2.01. The second-order valence-corrected chi connectivity index (χ2v) is 5.93. The van der Waals surface area contributed by atoms with Crippen LogP contribution in [0.5, 0.6) is 11.5 Å². The Morgan fingerprint density at radius 2 is 1.81 bits per heavy atom. The molecule has 0 saturated carbocycles. The standard InChI is InChI=1S/C17H19ClN2O/c1-19(2)10-5-11-20-14-6-3-4-7-16(14)21-17-12-13(18)8-9-15(17)20/h3-4,6-9,12H,5,10-11H2,1-2H3. The van der Waals surface area contributed by atoms with Crippen molar-refractivity contribution >= 4 is 23.0 Å². The van der Waals surface area contributed by atoms with E-state index in [9.17, 15) is 0 Å². The van der Waals surface area contributed by atoms with Crippen LogP contribution in [-0.2, 0) is 0 Å². The molecule has 2 aromatic rings. The summed E-state index contributed by atoms with van der Waals surface area (Å²) in [6.07, 6.45) is 1.09. The predicted molar refractivity (Wildman–Crippen MR) is 88.1 cm³/mol. The zero-order valence-corrected chi connectivity index (χ0v) is 13.1. The molecule has 21 heavy (non-hydrogen) atoms. The maximum atomic E-state index is 6.09. The first-order chi connectivity index (χ1) is 10.1. The molecule has 0 amide bonds. The van der Waals surface area contributed by atoms with Crippen LogP contribution in [0.25, 0.3) is 0 Å². The molecule has 2 aromatic carbocycles. The molecule has 0 aliphatic carbocycles. The maximum absolute atomic E-state index is 6.09. The second-order valence-electron chi connectivity index (χ2n) is 5.49. The van der Waals surface area contributed by atoms with Crippen molar-refractivity contribution in [3.05, 3.63) is 47.5 Å². The van der Waals surface area contributed by atoms with Crippen LogP contribution in [0.1, 0.15) is 6.42 Å². The number of anilines is 2. The molecular weight excluding hydrogens is 284 g/mol. The fourth-order valence-electron chi connectivity index (χ4n) is 2.59. The van der Waals surface area contributed by atoms with E-state index in [-0.39, 0.29) is 0 Å². The second kappa shape index (κ2) is 5.96. The van der Waals surface area contributed by atoms with Gasteiger partial charge in [-0.05, 0) is 51.3 Å². The Hall–Kier alpha value is -1.71. The summed E-state index contributed by atoms with van der Waals surface area (Å²) in [5, 5.41) is 0.696. The first-order valence-corrected chi connectivity index (χ1v) is 7.51. The van der Waals surface area contributed by atoms with E-state index in [2.05, 4.69) is 30.0 Å². The van der Waals surface area contributed by atoms with E-state index in [4.69, 9.17) is 16.3 Å². The molecule has 3 nitrogen and oxygen atoms in total. The molecule has 3 rings (SSSR count). The summed E-state index contributed by atoms with van der Waals surface area (Å²) in [6, 6.07) is 14.0. The molecule has 110 valence electrons. The zero-order valence-electron chi connectivity index (χ0n) is 12.3. The van der Waals surface area contributed by atoms with Crippen molar-refractivity contribution in [3.63, 3.8) is 0 Å². The van der Waals surface area contributed by atoms with Crippen molar-refractivity contribution in [1.82, 2.24) is 4.90 Å². The number of halogens is 1. The van der Waals surface area contributed by atoms with Gasteiger partial charge in [-0.3, -0.25) is 0 Å². The lowest BCUT2D eigenvalue weighted by molar-refractivity contribution is 0.401. The number of fused-ring (bicyclic) bond motifs is 2. The Labute approximate surface area is 130 Å². The minimum atomic E-state index is 0.696. The number of rotatable bonds is 4. The van der Waals surface area contributed by atoms with Crippen LogP contribution >= 0.6 is 11.6 Å².